The summed E-state index contributed by atoms with van der Waals surface area (Å²) >= 11 is 0. The summed E-state index contributed by atoms with van der Waals surface area (Å²) in [5.74, 6) is 1.04. The average molecular weight is 266 g/mol. The number of H-pyrrole nitrogens is 1. The van der Waals surface area contributed by atoms with Crippen molar-refractivity contribution in [2.24, 2.45) is 0 Å². The summed E-state index contributed by atoms with van der Waals surface area (Å²) in [6.45, 7) is 4.03. The van der Waals surface area contributed by atoms with Crippen LogP contribution in [0.2, 0.25) is 0 Å². The molecule has 0 aromatic carbocycles. The van der Waals surface area contributed by atoms with E-state index in [1.165, 1.54) is 0 Å². The molecule has 19 heavy (non-hydrogen) atoms. The maximum atomic E-state index is 9.78. The zero-order chi connectivity index (χ0) is 13.9. The van der Waals surface area contributed by atoms with Gasteiger partial charge in [0.05, 0.1) is 18.2 Å². The summed E-state index contributed by atoms with van der Waals surface area (Å²) < 4.78 is 0. The second-order valence-electron chi connectivity index (χ2n) is 4.57. The van der Waals surface area contributed by atoms with E-state index in [9.17, 15) is 5.11 Å². The summed E-state index contributed by atoms with van der Waals surface area (Å²) in [4.78, 5) is 8.57. The quantitative estimate of drug-likeness (QED) is 0.497. The number of aromatic amines is 1. The molecule has 0 aliphatic rings. The molecule has 104 valence electrons. The van der Waals surface area contributed by atoms with Crippen molar-refractivity contribution < 1.29 is 10.2 Å². The predicted octanol–water partition coefficient (Wildman–Crippen LogP) is -0.0601. The van der Waals surface area contributed by atoms with Gasteiger partial charge >= 0.3 is 0 Å². The lowest BCUT2D eigenvalue weighted by atomic mass is 10.1. The van der Waals surface area contributed by atoms with Crippen LogP contribution in [0.25, 0.3) is 11.0 Å². The van der Waals surface area contributed by atoms with Crippen molar-refractivity contribution in [1.82, 2.24) is 20.2 Å². The topological polar surface area (TPSA) is 119 Å². The average Bonchev–Trinajstić information content (AvgIpc) is 2.85. The van der Waals surface area contributed by atoms with E-state index in [2.05, 4.69) is 30.8 Å². The van der Waals surface area contributed by atoms with E-state index >= 15 is 0 Å². The van der Waals surface area contributed by atoms with E-state index in [1.54, 1.807) is 13.1 Å². The zero-order valence-electron chi connectivity index (χ0n) is 10.9. The Morgan fingerprint density at radius 1 is 1.37 bits per heavy atom. The predicted molar refractivity (Wildman–Crippen MR) is 72.0 cm³/mol. The molecular formula is C11H18N6O2. The highest BCUT2D eigenvalue weighted by Gasteiger charge is 2.19. The van der Waals surface area contributed by atoms with Crippen LogP contribution in [-0.2, 0) is 0 Å². The molecule has 1 atom stereocenters. The van der Waals surface area contributed by atoms with Crippen molar-refractivity contribution in [1.29, 1.82) is 0 Å². The number of nitrogens with one attached hydrogen (secondary N) is 3. The third kappa shape index (κ3) is 3.09. The highest BCUT2D eigenvalue weighted by atomic mass is 16.3. The molecule has 0 amide bonds. The Labute approximate surface area is 110 Å². The highest BCUT2D eigenvalue weighted by Crippen LogP contribution is 2.20. The molecule has 0 aliphatic carbocycles. The van der Waals surface area contributed by atoms with Gasteiger partial charge in [-0.3, -0.25) is 5.10 Å². The van der Waals surface area contributed by atoms with Gasteiger partial charge in [0.15, 0.2) is 5.65 Å². The summed E-state index contributed by atoms with van der Waals surface area (Å²) in [6, 6.07) is 0. The lowest BCUT2D eigenvalue weighted by Gasteiger charge is -2.21. The van der Waals surface area contributed by atoms with Crippen molar-refractivity contribution in [3.05, 3.63) is 6.20 Å². The van der Waals surface area contributed by atoms with Crippen LogP contribution in [0.15, 0.2) is 6.20 Å². The lowest BCUT2D eigenvalue weighted by molar-refractivity contribution is 0.0132. The van der Waals surface area contributed by atoms with Crippen LogP contribution in [0.5, 0.6) is 0 Å². The fourth-order valence-electron chi connectivity index (χ4n) is 1.54. The van der Waals surface area contributed by atoms with Crippen molar-refractivity contribution in [2.45, 2.75) is 19.4 Å². The first-order valence-corrected chi connectivity index (χ1v) is 6.08. The molecule has 0 saturated carbocycles. The van der Waals surface area contributed by atoms with E-state index in [-0.39, 0.29) is 13.2 Å². The molecule has 1 unspecified atom stereocenters. The van der Waals surface area contributed by atoms with Gasteiger partial charge in [-0.15, -0.1) is 0 Å². The maximum Gasteiger partial charge on any atom is 0.226 e. The fourth-order valence-corrected chi connectivity index (χ4v) is 1.54. The van der Waals surface area contributed by atoms with Crippen LogP contribution < -0.4 is 10.6 Å². The minimum Gasteiger partial charge on any atom is -0.393 e. The molecule has 8 heteroatoms. The van der Waals surface area contributed by atoms with Gasteiger partial charge in [-0.1, -0.05) is 0 Å². The van der Waals surface area contributed by atoms with Crippen LogP contribution >= 0.6 is 0 Å². The van der Waals surface area contributed by atoms with Gasteiger partial charge in [0.25, 0.3) is 0 Å². The van der Waals surface area contributed by atoms with Gasteiger partial charge in [0.2, 0.25) is 5.95 Å². The van der Waals surface area contributed by atoms with Gasteiger partial charge in [-0.05, 0) is 13.8 Å². The number of hydrogen-bond donors (Lipinski definition) is 5. The van der Waals surface area contributed by atoms with Crippen molar-refractivity contribution in [3.63, 3.8) is 0 Å². The number of fused-ring (bicyclic) bond motifs is 1. The van der Waals surface area contributed by atoms with Gasteiger partial charge in [0.1, 0.15) is 11.4 Å². The molecule has 0 aliphatic heterocycles. The fraction of sp³-hybridized carbons (Fsp3) is 0.545. The third-order valence-electron chi connectivity index (χ3n) is 2.62. The second kappa shape index (κ2) is 5.37. The monoisotopic (exact) mass is 266 g/mol. The Balaban J connectivity index is 2.27. The van der Waals surface area contributed by atoms with E-state index in [0.717, 1.165) is 5.39 Å². The van der Waals surface area contributed by atoms with Crippen molar-refractivity contribution in [3.8, 4) is 0 Å². The van der Waals surface area contributed by atoms with Crippen LogP contribution in [0, 0.1) is 0 Å². The molecule has 0 saturated heterocycles. The molecule has 0 bridgehead atoms. The van der Waals surface area contributed by atoms with Crippen LogP contribution in [-0.4, -0.2) is 55.7 Å². The van der Waals surface area contributed by atoms with Gasteiger partial charge in [-0.25, -0.2) is 0 Å². The van der Waals surface area contributed by atoms with E-state index in [0.29, 0.717) is 24.0 Å². The third-order valence-corrected chi connectivity index (χ3v) is 2.62. The minimum atomic E-state index is -1.21. The van der Waals surface area contributed by atoms with Gasteiger partial charge in [-0.2, -0.15) is 15.1 Å². The minimum absolute atomic E-state index is 0.173. The highest BCUT2D eigenvalue weighted by molar-refractivity contribution is 5.86. The number of aromatic nitrogens is 4. The number of nitrogens with zero attached hydrogens (tertiary/aromatic N) is 3. The van der Waals surface area contributed by atoms with Crippen LogP contribution in [0.4, 0.5) is 11.8 Å². The number of aliphatic hydroxyl groups is 2. The number of aliphatic hydroxyl groups excluding tert-OH is 1. The standard InChI is InChI=1S/C11H18N6O2/c1-3-12-10-15-8(13-5-11(2,19)6-18)7-4-14-17-9(7)16-10/h4,18-19H,3,5-6H2,1-2H3,(H3,12,13,14,15,16,17). The van der Waals surface area contributed by atoms with Crippen LogP contribution in [0.3, 0.4) is 0 Å². The van der Waals surface area contributed by atoms with Crippen molar-refractivity contribution >= 4 is 22.8 Å². The maximum absolute atomic E-state index is 9.78. The molecular weight excluding hydrogens is 248 g/mol. The molecule has 2 aromatic rings. The second-order valence-corrected chi connectivity index (χ2v) is 4.57. The number of rotatable bonds is 6. The normalized spacial score (nSPS) is 14.3. The molecule has 5 N–H and O–H groups in total. The Bertz CT molecular complexity index is 553. The molecule has 2 rings (SSSR count). The summed E-state index contributed by atoms with van der Waals surface area (Å²) in [6.07, 6.45) is 1.61. The molecule has 0 spiro atoms. The van der Waals surface area contributed by atoms with Crippen LogP contribution in [0.1, 0.15) is 13.8 Å². The summed E-state index contributed by atoms with van der Waals surface area (Å²) in [7, 11) is 0. The Hall–Kier alpha value is -1.93. The molecule has 0 radical (unpaired) electrons. The smallest absolute Gasteiger partial charge is 0.226 e. The zero-order valence-corrected chi connectivity index (χ0v) is 10.9. The first kappa shape index (κ1) is 13.5. The summed E-state index contributed by atoms with van der Waals surface area (Å²) in [5, 5.41) is 32.3. The van der Waals surface area contributed by atoms with E-state index in [1.807, 2.05) is 6.92 Å². The Morgan fingerprint density at radius 2 is 2.16 bits per heavy atom. The number of anilines is 2. The largest absolute Gasteiger partial charge is 0.393 e. The SMILES string of the molecule is CCNc1nc(NCC(C)(O)CO)c2cn[nH]c2n1. The molecule has 2 heterocycles. The molecule has 0 fully saturated rings. The van der Waals surface area contributed by atoms with E-state index < -0.39 is 5.60 Å². The van der Waals surface area contributed by atoms with Crippen molar-refractivity contribution in [2.75, 3.05) is 30.3 Å². The van der Waals surface area contributed by atoms with Gasteiger partial charge in [0, 0.05) is 13.1 Å². The van der Waals surface area contributed by atoms with Gasteiger partial charge < -0.3 is 20.8 Å². The first-order chi connectivity index (χ1) is 9.05. The molecule has 2 aromatic heterocycles. The summed E-state index contributed by atoms with van der Waals surface area (Å²) in [5.41, 5.74) is -0.601. The Kier molecular flexibility index (Phi) is 3.82. The molecule has 8 nitrogen and oxygen atoms in total. The first-order valence-electron chi connectivity index (χ1n) is 6.08. The Morgan fingerprint density at radius 3 is 2.84 bits per heavy atom. The van der Waals surface area contributed by atoms with E-state index in [4.69, 9.17) is 5.11 Å². The number of hydrogen-bond acceptors (Lipinski definition) is 7. The lowest BCUT2D eigenvalue weighted by Crippen LogP contribution is -2.37.